The summed E-state index contributed by atoms with van der Waals surface area (Å²) in [5, 5.41) is 21.2. The molecule has 0 atom stereocenters. The van der Waals surface area contributed by atoms with Crippen molar-refractivity contribution in [3.05, 3.63) is 47.5 Å². The van der Waals surface area contributed by atoms with Crippen LogP contribution in [0.1, 0.15) is 10.4 Å². The van der Waals surface area contributed by atoms with Gasteiger partial charge in [-0.15, -0.1) is 0 Å². The number of carbonyl (C=O) groups is 1. The third-order valence-corrected chi connectivity index (χ3v) is 3.85. The number of rotatable bonds is 2. The number of benzene rings is 2. The highest BCUT2D eigenvalue weighted by atomic mass is 32.1. The lowest BCUT2D eigenvalue weighted by atomic mass is 10.1. The highest BCUT2D eigenvalue weighted by molar-refractivity contribution is 7.22. The number of phenolic OH excluding ortho intramolecular Hbond substituents is 2. The first-order chi connectivity index (χ1) is 10.5. The Bertz CT molecular complexity index is 895. The fraction of sp³-hybridized carbons (Fsp3) is 0. The molecule has 1 aromatic heterocycles. The van der Waals surface area contributed by atoms with E-state index in [-0.39, 0.29) is 16.4 Å². The smallest absolute Gasteiger partial charge is 0.263 e. The van der Waals surface area contributed by atoms with Gasteiger partial charge in [0.15, 0.2) is 16.7 Å². The number of anilines is 1. The molecule has 0 saturated heterocycles. The minimum Gasteiger partial charge on any atom is -0.506 e. The van der Waals surface area contributed by atoms with Crippen molar-refractivity contribution in [3.8, 4) is 11.5 Å². The number of halogens is 2. The van der Waals surface area contributed by atoms with E-state index in [1.54, 1.807) is 12.1 Å². The Morgan fingerprint density at radius 1 is 1.14 bits per heavy atom. The Labute approximate surface area is 126 Å². The van der Waals surface area contributed by atoms with Crippen LogP contribution in [0, 0.1) is 11.6 Å². The van der Waals surface area contributed by atoms with Crippen molar-refractivity contribution in [1.29, 1.82) is 0 Å². The molecule has 22 heavy (non-hydrogen) atoms. The summed E-state index contributed by atoms with van der Waals surface area (Å²) in [6.45, 7) is 0. The van der Waals surface area contributed by atoms with E-state index in [4.69, 9.17) is 0 Å². The second-order valence-electron chi connectivity index (χ2n) is 4.35. The van der Waals surface area contributed by atoms with E-state index in [2.05, 4.69) is 10.3 Å². The SMILES string of the molecule is O=C(Nc1nc2c(O)cccc2s1)c1c(F)ccc(O)c1F. The van der Waals surface area contributed by atoms with Gasteiger partial charge in [0, 0.05) is 0 Å². The van der Waals surface area contributed by atoms with Gasteiger partial charge in [-0.1, -0.05) is 17.4 Å². The van der Waals surface area contributed by atoms with Crippen molar-refractivity contribution in [2.24, 2.45) is 0 Å². The van der Waals surface area contributed by atoms with E-state index in [1.165, 1.54) is 6.07 Å². The molecule has 112 valence electrons. The number of carbonyl (C=O) groups excluding carboxylic acids is 1. The summed E-state index contributed by atoms with van der Waals surface area (Å²) in [5.74, 6) is -4.42. The minimum absolute atomic E-state index is 0.0658. The zero-order valence-electron chi connectivity index (χ0n) is 10.8. The minimum atomic E-state index is -1.35. The predicted octanol–water partition coefficient (Wildman–Crippen LogP) is 3.24. The first kappa shape index (κ1) is 14.2. The van der Waals surface area contributed by atoms with E-state index < -0.39 is 28.9 Å². The zero-order valence-corrected chi connectivity index (χ0v) is 11.6. The quantitative estimate of drug-likeness (QED) is 0.676. The average Bonchev–Trinajstić information content (AvgIpc) is 2.87. The standard InChI is InChI=1S/C14H8F2N2O3S/c15-6-4-5-7(19)11(16)10(6)13(21)18-14-17-12-8(20)2-1-3-9(12)22-14/h1-5,19-20H,(H,17,18,21). The second-order valence-corrected chi connectivity index (χ2v) is 5.38. The molecule has 3 aromatic rings. The summed E-state index contributed by atoms with van der Waals surface area (Å²) in [7, 11) is 0. The van der Waals surface area contributed by atoms with Gasteiger partial charge in [0.05, 0.1) is 4.70 Å². The van der Waals surface area contributed by atoms with Crippen LogP contribution in [-0.4, -0.2) is 21.1 Å². The number of thiazole rings is 1. The molecule has 0 saturated carbocycles. The van der Waals surface area contributed by atoms with Crippen LogP contribution in [0.15, 0.2) is 30.3 Å². The van der Waals surface area contributed by atoms with Crippen LogP contribution in [0.3, 0.4) is 0 Å². The van der Waals surface area contributed by atoms with Crippen LogP contribution in [0.4, 0.5) is 13.9 Å². The summed E-state index contributed by atoms with van der Waals surface area (Å²) < 4.78 is 27.9. The maximum absolute atomic E-state index is 13.7. The molecule has 0 unspecified atom stereocenters. The molecule has 2 aromatic carbocycles. The molecule has 3 rings (SSSR count). The van der Waals surface area contributed by atoms with Gasteiger partial charge in [-0.25, -0.2) is 13.8 Å². The summed E-state index contributed by atoms with van der Waals surface area (Å²) in [4.78, 5) is 16.0. The molecule has 5 nitrogen and oxygen atoms in total. The number of nitrogens with one attached hydrogen (secondary N) is 1. The fourth-order valence-corrected chi connectivity index (χ4v) is 2.78. The number of nitrogens with zero attached hydrogens (tertiary/aromatic N) is 1. The normalized spacial score (nSPS) is 10.8. The highest BCUT2D eigenvalue weighted by Gasteiger charge is 2.21. The van der Waals surface area contributed by atoms with E-state index in [9.17, 15) is 23.8 Å². The molecule has 1 heterocycles. The van der Waals surface area contributed by atoms with Crippen LogP contribution in [0.2, 0.25) is 0 Å². The molecule has 3 N–H and O–H groups in total. The Balaban J connectivity index is 1.97. The van der Waals surface area contributed by atoms with E-state index in [1.807, 2.05) is 0 Å². The largest absolute Gasteiger partial charge is 0.506 e. The van der Waals surface area contributed by atoms with Crippen molar-refractivity contribution < 1.29 is 23.8 Å². The molecule has 0 fully saturated rings. The van der Waals surface area contributed by atoms with Gasteiger partial charge in [-0.05, 0) is 24.3 Å². The Hall–Kier alpha value is -2.74. The molecule has 0 aliphatic carbocycles. The van der Waals surface area contributed by atoms with Crippen LogP contribution < -0.4 is 5.32 Å². The van der Waals surface area contributed by atoms with Crippen LogP contribution >= 0.6 is 11.3 Å². The lowest BCUT2D eigenvalue weighted by Crippen LogP contribution is -2.15. The molecule has 0 bridgehead atoms. The Morgan fingerprint density at radius 3 is 2.64 bits per heavy atom. The lowest BCUT2D eigenvalue weighted by Gasteiger charge is -2.05. The first-order valence-corrected chi connectivity index (χ1v) is 6.86. The van der Waals surface area contributed by atoms with Gasteiger partial charge >= 0.3 is 0 Å². The average molecular weight is 322 g/mol. The summed E-state index contributed by atoms with van der Waals surface area (Å²) in [6.07, 6.45) is 0. The van der Waals surface area contributed by atoms with Gasteiger partial charge in [0.1, 0.15) is 22.6 Å². The van der Waals surface area contributed by atoms with Crippen LogP contribution in [0.25, 0.3) is 10.2 Å². The number of para-hydroxylation sites is 1. The monoisotopic (exact) mass is 322 g/mol. The number of aromatic nitrogens is 1. The van der Waals surface area contributed by atoms with Crippen molar-refractivity contribution in [3.63, 3.8) is 0 Å². The predicted molar refractivity (Wildman–Crippen MR) is 77.3 cm³/mol. The highest BCUT2D eigenvalue weighted by Crippen LogP contribution is 2.32. The topological polar surface area (TPSA) is 82.5 Å². The molecule has 8 heteroatoms. The van der Waals surface area contributed by atoms with Gasteiger partial charge in [-0.2, -0.15) is 0 Å². The molecule has 0 radical (unpaired) electrons. The maximum Gasteiger partial charge on any atom is 0.263 e. The molecule has 0 aliphatic rings. The Kier molecular flexibility index (Phi) is 3.38. The van der Waals surface area contributed by atoms with Gasteiger partial charge in [0.2, 0.25) is 0 Å². The molecular formula is C14H8F2N2O3S. The summed E-state index contributed by atoms with van der Waals surface area (Å²) >= 11 is 1.04. The number of amides is 1. The lowest BCUT2D eigenvalue weighted by molar-refractivity contribution is 0.101. The van der Waals surface area contributed by atoms with Gasteiger partial charge in [-0.3, -0.25) is 10.1 Å². The zero-order chi connectivity index (χ0) is 15.9. The number of aromatic hydroxyl groups is 2. The molecular weight excluding hydrogens is 314 g/mol. The van der Waals surface area contributed by atoms with Crippen molar-refractivity contribution in [2.75, 3.05) is 5.32 Å². The van der Waals surface area contributed by atoms with Crippen LogP contribution in [-0.2, 0) is 0 Å². The van der Waals surface area contributed by atoms with Gasteiger partial charge < -0.3 is 10.2 Å². The van der Waals surface area contributed by atoms with Crippen LogP contribution in [0.5, 0.6) is 11.5 Å². The summed E-state index contributed by atoms with van der Waals surface area (Å²) in [5.41, 5.74) is -0.622. The van der Waals surface area contributed by atoms with Crippen molar-refractivity contribution in [2.45, 2.75) is 0 Å². The molecule has 0 spiro atoms. The van der Waals surface area contributed by atoms with E-state index >= 15 is 0 Å². The van der Waals surface area contributed by atoms with Crippen molar-refractivity contribution in [1.82, 2.24) is 4.98 Å². The summed E-state index contributed by atoms with van der Waals surface area (Å²) in [6, 6.07) is 6.32. The second kappa shape index (κ2) is 5.23. The first-order valence-electron chi connectivity index (χ1n) is 6.04. The fourth-order valence-electron chi connectivity index (χ4n) is 1.90. The van der Waals surface area contributed by atoms with Gasteiger partial charge in [0.25, 0.3) is 5.91 Å². The maximum atomic E-state index is 13.7. The number of fused-ring (bicyclic) bond motifs is 1. The molecule has 1 amide bonds. The van der Waals surface area contributed by atoms with Crippen molar-refractivity contribution >= 4 is 32.6 Å². The number of hydrogen-bond acceptors (Lipinski definition) is 5. The number of phenols is 2. The van der Waals surface area contributed by atoms with E-state index in [0.29, 0.717) is 4.70 Å². The Morgan fingerprint density at radius 2 is 1.91 bits per heavy atom. The van der Waals surface area contributed by atoms with E-state index in [0.717, 1.165) is 23.5 Å². The number of hydrogen-bond donors (Lipinski definition) is 3. The molecule has 0 aliphatic heterocycles. The third-order valence-electron chi connectivity index (χ3n) is 2.92. The third kappa shape index (κ3) is 2.33.